The second-order valence-corrected chi connectivity index (χ2v) is 5.96. The Labute approximate surface area is 135 Å². The highest BCUT2D eigenvalue weighted by Crippen LogP contribution is 2.25. The fraction of sp³-hybridized carbons (Fsp3) is 0.333. The van der Waals surface area contributed by atoms with Gasteiger partial charge in [0.25, 0.3) is 0 Å². The van der Waals surface area contributed by atoms with Crippen molar-refractivity contribution in [2.75, 3.05) is 0 Å². The number of nitrogens with zero attached hydrogens (tertiary/aromatic N) is 2. The second-order valence-electron chi connectivity index (χ2n) is 5.11. The fourth-order valence-electron chi connectivity index (χ4n) is 2.13. The molecule has 0 aliphatic heterocycles. The zero-order chi connectivity index (χ0) is 15.1. The molecule has 0 spiro atoms. The average molecular weight is 345 g/mol. The number of unbranched alkanes of at least 4 members (excludes halogenated alkanes) is 1. The van der Waals surface area contributed by atoms with Crippen LogP contribution in [0.25, 0.3) is 0 Å². The third kappa shape index (κ3) is 4.78. The highest BCUT2D eigenvalue weighted by Gasteiger charge is 2.07. The summed E-state index contributed by atoms with van der Waals surface area (Å²) in [5, 5.41) is 0. The SMILES string of the molecule is CCCC=Nc1cc(Br)c(CCc2ccccc2)nc1C. The minimum atomic E-state index is 0.935. The molecule has 0 saturated heterocycles. The van der Waals surface area contributed by atoms with Crippen LogP contribution in [0.5, 0.6) is 0 Å². The number of aryl methyl sites for hydroxylation is 3. The van der Waals surface area contributed by atoms with Gasteiger partial charge in [-0.2, -0.15) is 0 Å². The van der Waals surface area contributed by atoms with Crippen molar-refractivity contribution in [2.24, 2.45) is 4.99 Å². The van der Waals surface area contributed by atoms with Crippen LogP contribution in [0.1, 0.15) is 36.7 Å². The van der Waals surface area contributed by atoms with Gasteiger partial charge >= 0.3 is 0 Å². The van der Waals surface area contributed by atoms with Crippen LogP contribution < -0.4 is 0 Å². The Hall–Kier alpha value is -1.48. The van der Waals surface area contributed by atoms with E-state index in [9.17, 15) is 0 Å². The molecule has 1 aromatic heterocycles. The molecule has 110 valence electrons. The van der Waals surface area contributed by atoms with Crippen molar-refractivity contribution >= 4 is 27.8 Å². The number of rotatable bonds is 6. The van der Waals surface area contributed by atoms with Gasteiger partial charge in [0.2, 0.25) is 0 Å². The van der Waals surface area contributed by atoms with Crippen LogP contribution in [0.15, 0.2) is 45.9 Å². The predicted molar refractivity (Wildman–Crippen MR) is 93.6 cm³/mol. The van der Waals surface area contributed by atoms with E-state index in [0.29, 0.717) is 0 Å². The van der Waals surface area contributed by atoms with E-state index in [1.54, 1.807) is 0 Å². The third-order valence-corrected chi connectivity index (χ3v) is 4.04. The molecule has 0 aliphatic carbocycles. The zero-order valence-corrected chi connectivity index (χ0v) is 14.2. The number of aliphatic imine (C=N–C) groups is 1. The molecule has 1 aromatic carbocycles. The summed E-state index contributed by atoms with van der Waals surface area (Å²) in [6, 6.07) is 12.6. The van der Waals surface area contributed by atoms with Crippen LogP contribution >= 0.6 is 15.9 Å². The van der Waals surface area contributed by atoms with Crippen LogP contribution in [0, 0.1) is 6.92 Å². The van der Waals surface area contributed by atoms with Gasteiger partial charge in [-0.25, -0.2) is 0 Å². The maximum absolute atomic E-state index is 4.71. The first-order chi connectivity index (χ1) is 10.2. The highest BCUT2D eigenvalue weighted by atomic mass is 79.9. The monoisotopic (exact) mass is 344 g/mol. The number of pyridine rings is 1. The van der Waals surface area contributed by atoms with Gasteiger partial charge in [0.15, 0.2) is 0 Å². The van der Waals surface area contributed by atoms with Gasteiger partial charge < -0.3 is 0 Å². The lowest BCUT2D eigenvalue weighted by Gasteiger charge is -2.08. The summed E-state index contributed by atoms with van der Waals surface area (Å²) in [6.45, 7) is 4.18. The van der Waals surface area contributed by atoms with Crippen LogP contribution in [0.3, 0.4) is 0 Å². The Morgan fingerprint density at radius 1 is 1.19 bits per heavy atom. The molecule has 3 heteroatoms. The molecule has 2 nitrogen and oxygen atoms in total. The van der Waals surface area contributed by atoms with E-state index < -0.39 is 0 Å². The molecule has 1 heterocycles. The van der Waals surface area contributed by atoms with Crippen molar-refractivity contribution in [3.63, 3.8) is 0 Å². The zero-order valence-electron chi connectivity index (χ0n) is 12.6. The summed E-state index contributed by atoms with van der Waals surface area (Å²) >= 11 is 3.63. The van der Waals surface area contributed by atoms with Crippen LogP contribution in [0.4, 0.5) is 5.69 Å². The average Bonchev–Trinajstić information content (AvgIpc) is 2.50. The molecule has 0 atom stereocenters. The lowest BCUT2D eigenvalue weighted by Crippen LogP contribution is -1.98. The Morgan fingerprint density at radius 2 is 1.95 bits per heavy atom. The Balaban J connectivity index is 2.09. The number of aromatic nitrogens is 1. The van der Waals surface area contributed by atoms with Gasteiger partial charge in [0.1, 0.15) is 0 Å². The first-order valence-electron chi connectivity index (χ1n) is 7.43. The number of hydrogen-bond acceptors (Lipinski definition) is 2. The molecule has 0 aliphatic rings. The first-order valence-corrected chi connectivity index (χ1v) is 8.22. The third-order valence-electron chi connectivity index (χ3n) is 3.35. The van der Waals surface area contributed by atoms with Crippen LogP contribution in [0.2, 0.25) is 0 Å². The van der Waals surface area contributed by atoms with Gasteiger partial charge in [0.05, 0.1) is 17.1 Å². The maximum atomic E-state index is 4.71. The van der Waals surface area contributed by atoms with Crippen molar-refractivity contribution in [2.45, 2.75) is 39.5 Å². The van der Waals surface area contributed by atoms with Crippen molar-refractivity contribution in [3.05, 3.63) is 57.8 Å². The molecule has 2 rings (SSSR count). The van der Waals surface area contributed by atoms with Gasteiger partial charge in [-0.05, 0) is 53.7 Å². The standard InChI is InChI=1S/C18H21BrN2/c1-3-4-12-20-18-13-16(19)17(21-14(18)2)11-10-15-8-6-5-7-9-15/h5-9,12-13H,3-4,10-11H2,1-2H3. The Morgan fingerprint density at radius 3 is 2.67 bits per heavy atom. The lowest BCUT2D eigenvalue weighted by atomic mass is 10.1. The Bertz CT molecular complexity index is 606. The van der Waals surface area contributed by atoms with Crippen molar-refractivity contribution in [1.29, 1.82) is 0 Å². The van der Waals surface area contributed by atoms with Crippen LogP contribution in [-0.4, -0.2) is 11.2 Å². The van der Waals surface area contributed by atoms with Gasteiger partial charge in [-0.15, -0.1) is 0 Å². The smallest absolute Gasteiger partial charge is 0.0849 e. The molecule has 21 heavy (non-hydrogen) atoms. The van der Waals surface area contributed by atoms with E-state index in [1.807, 2.05) is 19.2 Å². The largest absolute Gasteiger partial charge is 0.259 e. The van der Waals surface area contributed by atoms with E-state index in [1.165, 1.54) is 5.56 Å². The molecule has 0 radical (unpaired) electrons. The molecule has 0 saturated carbocycles. The summed E-state index contributed by atoms with van der Waals surface area (Å²) in [5.74, 6) is 0. The van der Waals surface area contributed by atoms with Gasteiger partial charge in [0, 0.05) is 10.7 Å². The van der Waals surface area contributed by atoms with E-state index in [2.05, 4.69) is 58.2 Å². The Kier molecular flexibility index (Phi) is 6.12. The summed E-state index contributed by atoms with van der Waals surface area (Å²) in [6.07, 6.45) is 6.04. The molecule has 0 unspecified atom stereocenters. The summed E-state index contributed by atoms with van der Waals surface area (Å²) in [4.78, 5) is 9.20. The van der Waals surface area contributed by atoms with E-state index in [0.717, 1.165) is 47.2 Å². The second kappa shape index (κ2) is 8.08. The molecule has 2 aromatic rings. The molecular weight excluding hydrogens is 324 g/mol. The minimum absolute atomic E-state index is 0.935. The fourth-order valence-corrected chi connectivity index (χ4v) is 2.63. The van der Waals surface area contributed by atoms with E-state index >= 15 is 0 Å². The topological polar surface area (TPSA) is 25.2 Å². The number of hydrogen-bond donors (Lipinski definition) is 0. The van der Waals surface area contributed by atoms with E-state index in [-0.39, 0.29) is 0 Å². The van der Waals surface area contributed by atoms with Crippen molar-refractivity contribution in [3.8, 4) is 0 Å². The predicted octanol–water partition coefficient (Wildman–Crippen LogP) is 5.44. The first kappa shape index (κ1) is 15.9. The van der Waals surface area contributed by atoms with Crippen molar-refractivity contribution < 1.29 is 0 Å². The molecule has 0 bridgehead atoms. The summed E-state index contributed by atoms with van der Waals surface area (Å²) in [7, 11) is 0. The lowest BCUT2D eigenvalue weighted by molar-refractivity contribution is 0.895. The molecule has 0 fully saturated rings. The molecule has 0 amide bonds. The maximum Gasteiger partial charge on any atom is 0.0849 e. The van der Waals surface area contributed by atoms with Crippen molar-refractivity contribution in [1.82, 2.24) is 4.98 Å². The number of benzene rings is 1. The normalized spacial score (nSPS) is 11.2. The van der Waals surface area contributed by atoms with Crippen LogP contribution in [-0.2, 0) is 12.8 Å². The highest BCUT2D eigenvalue weighted by molar-refractivity contribution is 9.10. The molecule has 0 N–H and O–H groups in total. The summed E-state index contributed by atoms with van der Waals surface area (Å²) in [5.41, 5.74) is 4.40. The number of halogens is 1. The molecular formula is C18H21BrN2. The van der Waals surface area contributed by atoms with Gasteiger partial charge in [-0.3, -0.25) is 9.98 Å². The van der Waals surface area contributed by atoms with E-state index in [4.69, 9.17) is 4.98 Å². The minimum Gasteiger partial charge on any atom is -0.259 e. The quantitative estimate of drug-likeness (QED) is 0.640. The van der Waals surface area contributed by atoms with Gasteiger partial charge in [-0.1, -0.05) is 43.7 Å². The summed E-state index contributed by atoms with van der Waals surface area (Å²) < 4.78 is 1.05.